The zero-order valence-corrected chi connectivity index (χ0v) is 18.5. The maximum absolute atomic E-state index is 12.9. The van der Waals surface area contributed by atoms with Gasteiger partial charge in [0.1, 0.15) is 18.1 Å². The molecule has 1 heterocycles. The Morgan fingerprint density at radius 2 is 1.55 bits per heavy atom. The molecule has 1 aliphatic heterocycles. The second kappa shape index (κ2) is 10.5. The molecule has 0 bridgehead atoms. The fourth-order valence-electron chi connectivity index (χ4n) is 3.04. The van der Waals surface area contributed by atoms with Crippen LogP contribution in [0.4, 0.5) is 0 Å². The Balaban J connectivity index is 0.00000300. The van der Waals surface area contributed by atoms with Crippen LogP contribution in [0.25, 0.3) is 0 Å². The maximum Gasteiger partial charge on any atom is 0.322 e. The second-order valence-electron chi connectivity index (χ2n) is 6.85. The van der Waals surface area contributed by atoms with Gasteiger partial charge in [-0.1, -0.05) is 60.7 Å². The van der Waals surface area contributed by atoms with Gasteiger partial charge in [0.15, 0.2) is 0 Å². The predicted octanol–water partition coefficient (Wildman–Crippen LogP) is 0.636. The van der Waals surface area contributed by atoms with Crippen LogP contribution in [0, 0.1) is 0 Å². The van der Waals surface area contributed by atoms with Gasteiger partial charge in [0.2, 0.25) is 11.8 Å². The van der Waals surface area contributed by atoms with E-state index in [2.05, 4.69) is 16.0 Å². The zero-order valence-electron chi connectivity index (χ0n) is 16.5. The molecule has 3 rings (SSSR count). The Kier molecular flexibility index (Phi) is 8.40. The topological polar surface area (TPSA) is 117 Å². The minimum Gasteiger partial charge on any atom is -0.480 e. The van der Waals surface area contributed by atoms with Crippen LogP contribution in [-0.4, -0.2) is 70.6 Å². The van der Waals surface area contributed by atoms with Crippen molar-refractivity contribution in [2.45, 2.75) is 37.5 Å². The van der Waals surface area contributed by atoms with E-state index in [9.17, 15) is 14.4 Å². The van der Waals surface area contributed by atoms with Crippen LogP contribution in [0.15, 0.2) is 60.7 Å². The molecule has 4 atom stereocenters. The molecule has 2 amide bonds. The Labute approximate surface area is 191 Å². The maximum atomic E-state index is 12.9. The summed E-state index contributed by atoms with van der Waals surface area (Å²) in [5.41, 5.74) is 1.85. The van der Waals surface area contributed by atoms with Gasteiger partial charge in [-0.05, 0) is 18.1 Å². The van der Waals surface area contributed by atoms with E-state index in [0.717, 1.165) is 11.1 Å². The first-order valence-corrected chi connectivity index (χ1v) is 9.14. The predicted molar refractivity (Wildman–Crippen MR) is 109 cm³/mol. The van der Waals surface area contributed by atoms with Gasteiger partial charge < -0.3 is 15.7 Å². The molecule has 0 spiro atoms. The van der Waals surface area contributed by atoms with Crippen molar-refractivity contribution in [2.75, 3.05) is 0 Å². The number of aliphatic carboxylic acids is 1. The number of benzene rings is 2. The van der Waals surface area contributed by atoms with E-state index in [1.807, 2.05) is 67.6 Å². The molecule has 1 radical (unpaired) electrons. The number of rotatable bonds is 8. The van der Waals surface area contributed by atoms with Gasteiger partial charge in [-0.15, -0.1) is 0 Å². The van der Waals surface area contributed by atoms with Crippen LogP contribution in [0.2, 0.25) is 0 Å². The summed E-state index contributed by atoms with van der Waals surface area (Å²) in [7, 11) is 0. The second-order valence-corrected chi connectivity index (χ2v) is 6.85. The van der Waals surface area contributed by atoms with Crippen molar-refractivity contribution in [3.05, 3.63) is 71.8 Å². The zero-order chi connectivity index (χ0) is 20.1. The van der Waals surface area contributed by atoms with Crippen molar-refractivity contribution in [1.29, 1.82) is 0 Å². The third-order valence-electron chi connectivity index (χ3n) is 4.71. The molecule has 1 aliphatic rings. The molecule has 8 heteroatoms. The molecular weight excluding hydrogens is 381 g/mol. The van der Waals surface area contributed by atoms with Gasteiger partial charge in [0.05, 0.1) is 6.04 Å². The Bertz CT molecular complexity index is 848. The van der Waals surface area contributed by atoms with Gasteiger partial charge in [0, 0.05) is 36.0 Å². The summed E-state index contributed by atoms with van der Waals surface area (Å²) in [5.74, 6) is -1.89. The molecular formula is C21H23N3NaO4. The van der Waals surface area contributed by atoms with Crippen molar-refractivity contribution in [1.82, 2.24) is 16.0 Å². The van der Waals surface area contributed by atoms with Crippen molar-refractivity contribution in [2.24, 2.45) is 0 Å². The first-order chi connectivity index (χ1) is 13.5. The molecule has 0 aromatic heterocycles. The summed E-state index contributed by atoms with van der Waals surface area (Å²) < 4.78 is 0. The number of hydrogen-bond acceptors (Lipinski definition) is 4. The smallest absolute Gasteiger partial charge is 0.322 e. The Hall–Kier alpha value is -2.19. The molecule has 7 nitrogen and oxygen atoms in total. The van der Waals surface area contributed by atoms with Crippen LogP contribution in [-0.2, 0) is 20.8 Å². The van der Waals surface area contributed by atoms with Gasteiger partial charge in [-0.2, -0.15) is 0 Å². The summed E-state index contributed by atoms with van der Waals surface area (Å²) in [4.78, 5) is 36.2. The number of hydrogen-bond donors (Lipinski definition) is 4. The van der Waals surface area contributed by atoms with Crippen LogP contribution in [0.3, 0.4) is 0 Å². The standard InChI is InChI=1S/C21H23N3O4.Na/c1-13(15-10-6-3-7-11-15)22-19(25)16(12-14-8-4-2-5-9-14)23-20(26)17-18(24-17)21(27)28;/h2-11,13,16-18,24H,12H2,1H3,(H,22,25)(H,23,26)(H,27,28);/t13-,16-,17-,18-;/m0./s1. The molecule has 0 unspecified atom stereocenters. The van der Waals surface area contributed by atoms with Gasteiger partial charge in [-0.25, -0.2) is 0 Å². The quantitative estimate of drug-likeness (QED) is 0.380. The number of carbonyl (C=O) groups excluding carboxylic acids is 2. The first-order valence-electron chi connectivity index (χ1n) is 9.14. The van der Waals surface area contributed by atoms with Crippen LogP contribution < -0.4 is 16.0 Å². The SMILES string of the molecule is C[C@H](NC(=O)[C@H](Cc1ccccc1)NC(=O)[C@H]1N[C@@H]1C(=O)O)c1ccccc1.[Na]. The first kappa shape index (κ1) is 23.1. The molecule has 4 N–H and O–H groups in total. The number of carboxylic acids is 1. The molecule has 29 heavy (non-hydrogen) atoms. The Morgan fingerprint density at radius 3 is 2.10 bits per heavy atom. The van der Waals surface area contributed by atoms with Gasteiger partial charge in [-0.3, -0.25) is 19.7 Å². The normalized spacial score (nSPS) is 19.2. The molecule has 1 saturated heterocycles. The summed E-state index contributed by atoms with van der Waals surface area (Å²) in [5, 5.41) is 17.2. The van der Waals surface area contributed by atoms with Crippen LogP contribution in [0.1, 0.15) is 24.1 Å². The van der Waals surface area contributed by atoms with Crippen molar-refractivity contribution in [3.63, 3.8) is 0 Å². The Morgan fingerprint density at radius 1 is 0.966 bits per heavy atom. The largest absolute Gasteiger partial charge is 0.480 e. The summed E-state index contributed by atoms with van der Waals surface area (Å²) >= 11 is 0. The van der Waals surface area contributed by atoms with E-state index in [1.54, 1.807) is 0 Å². The summed E-state index contributed by atoms with van der Waals surface area (Å²) in [6, 6.07) is 16.1. The van der Waals surface area contributed by atoms with Crippen LogP contribution in [0.5, 0.6) is 0 Å². The average molecular weight is 404 g/mol. The third-order valence-corrected chi connectivity index (χ3v) is 4.71. The molecule has 0 saturated carbocycles. The average Bonchev–Trinajstić information content (AvgIpc) is 3.50. The molecule has 1 fully saturated rings. The van der Waals surface area contributed by atoms with E-state index < -0.39 is 30.0 Å². The number of nitrogens with one attached hydrogen (secondary N) is 3. The molecule has 0 aliphatic carbocycles. The molecule has 2 aromatic carbocycles. The number of carbonyl (C=O) groups is 3. The van der Waals surface area contributed by atoms with Crippen LogP contribution >= 0.6 is 0 Å². The molecule has 147 valence electrons. The van der Waals surface area contributed by atoms with E-state index in [4.69, 9.17) is 5.11 Å². The van der Waals surface area contributed by atoms with E-state index in [0.29, 0.717) is 6.42 Å². The van der Waals surface area contributed by atoms with E-state index >= 15 is 0 Å². The van der Waals surface area contributed by atoms with Gasteiger partial charge in [0.25, 0.3) is 0 Å². The fourth-order valence-corrected chi connectivity index (χ4v) is 3.04. The number of amides is 2. The molecule has 2 aromatic rings. The summed E-state index contributed by atoms with van der Waals surface area (Å²) in [6.07, 6.45) is 0.310. The van der Waals surface area contributed by atoms with Gasteiger partial charge >= 0.3 is 5.97 Å². The fraction of sp³-hybridized carbons (Fsp3) is 0.286. The van der Waals surface area contributed by atoms with Crippen molar-refractivity contribution < 1.29 is 19.5 Å². The minimum absolute atomic E-state index is 0. The minimum atomic E-state index is -1.08. The third kappa shape index (κ3) is 6.40. The monoisotopic (exact) mass is 404 g/mol. The summed E-state index contributed by atoms with van der Waals surface area (Å²) in [6.45, 7) is 1.87. The van der Waals surface area contributed by atoms with Crippen molar-refractivity contribution >= 4 is 47.3 Å². The van der Waals surface area contributed by atoms with Crippen molar-refractivity contribution in [3.8, 4) is 0 Å². The number of carboxylic acid groups (broad SMARTS) is 1. The van der Waals surface area contributed by atoms with E-state index in [-0.39, 0.29) is 41.5 Å². The van der Waals surface area contributed by atoms with E-state index in [1.165, 1.54) is 0 Å².